The van der Waals surface area contributed by atoms with Crippen molar-refractivity contribution < 1.29 is 4.79 Å². The largest absolute Gasteiger partial charge is 0.358 e. The predicted octanol–water partition coefficient (Wildman–Crippen LogP) is 1.24. The maximum absolute atomic E-state index is 12.4. The first-order valence-corrected chi connectivity index (χ1v) is 6.82. The Kier molecular flexibility index (Phi) is 4.10. The zero-order chi connectivity index (χ0) is 14.0. The molecule has 0 spiro atoms. The van der Waals surface area contributed by atoms with Gasteiger partial charge in [0, 0.05) is 32.4 Å². The van der Waals surface area contributed by atoms with Crippen molar-refractivity contribution in [2.75, 3.05) is 31.6 Å². The molecule has 4 heteroatoms. The Labute approximate surface area is 115 Å². The molecule has 1 amide bonds. The van der Waals surface area contributed by atoms with E-state index in [0.717, 1.165) is 18.8 Å². The molecule has 2 unspecified atom stereocenters. The van der Waals surface area contributed by atoms with Crippen LogP contribution in [0.25, 0.3) is 0 Å². The summed E-state index contributed by atoms with van der Waals surface area (Å²) in [7, 11) is 1.86. The molecule has 1 aromatic rings. The van der Waals surface area contributed by atoms with Crippen LogP contribution in [0.1, 0.15) is 12.5 Å². The Hall–Kier alpha value is -1.55. The molecule has 0 radical (unpaired) electrons. The summed E-state index contributed by atoms with van der Waals surface area (Å²) in [6, 6.07) is 7.93. The first-order valence-electron chi connectivity index (χ1n) is 6.82. The number of nitrogens with zero attached hydrogens (tertiary/aromatic N) is 2. The minimum atomic E-state index is -0.254. The summed E-state index contributed by atoms with van der Waals surface area (Å²) < 4.78 is 0. The van der Waals surface area contributed by atoms with Crippen molar-refractivity contribution in [3.05, 3.63) is 29.8 Å². The van der Waals surface area contributed by atoms with Crippen molar-refractivity contribution >= 4 is 11.6 Å². The maximum atomic E-state index is 12.4. The van der Waals surface area contributed by atoms with Gasteiger partial charge in [-0.25, -0.2) is 0 Å². The molecule has 0 aliphatic carbocycles. The van der Waals surface area contributed by atoms with E-state index in [1.54, 1.807) is 4.90 Å². The van der Waals surface area contributed by atoms with Gasteiger partial charge >= 0.3 is 0 Å². The summed E-state index contributed by atoms with van der Waals surface area (Å²) in [5, 5.41) is 0. The van der Waals surface area contributed by atoms with Gasteiger partial charge in [-0.3, -0.25) is 4.79 Å². The highest BCUT2D eigenvalue weighted by Gasteiger charge is 2.33. The van der Waals surface area contributed by atoms with E-state index < -0.39 is 0 Å². The van der Waals surface area contributed by atoms with Crippen molar-refractivity contribution in [3.8, 4) is 0 Å². The number of aryl methyl sites for hydroxylation is 1. The first-order chi connectivity index (χ1) is 9.04. The van der Waals surface area contributed by atoms with Crippen LogP contribution in [-0.4, -0.2) is 43.5 Å². The first kappa shape index (κ1) is 13.9. The number of likely N-dealkylation sites (N-methyl/N-ethyl adjacent to an activating group) is 1. The second kappa shape index (κ2) is 5.61. The zero-order valence-corrected chi connectivity index (χ0v) is 12.0. The van der Waals surface area contributed by atoms with Gasteiger partial charge in [0.25, 0.3) is 0 Å². The molecular weight excluding hydrogens is 238 g/mol. The fourth-order valence-electron chi connectivity index (χ4n) is 2.85. The molecule has 4 nitrogen and oxygen atoms in total. The fourth-order valence-corrected chi connectivity index (χ4v) is 2.85. The van der Waals surface area contributed by atoms with Crippen molar-refractivity contribution in [2.45, 2.75) is 19.9 Å². The summed E-state index contributed by atoms with van der Waals surface area (Å²) in [5.74, 6) is 0.556. The standard InChI is InChI=1S/C15H23N3O/c1-11-9-17(3)15(19)14(8-16)18(10-11)13-7-5-4-6-12(13)2/h4-7,11,14H,8-10,16H2,1-3H3. The lowest BCUT2D eigenvalue weighted by atomic mass is 10.1. The lowest BCUT2D eigenvalue weighted by molar-refractivity contribution is -0.130. The topological polar surface area (TPSA) is 49.6 Å². The third-order valence-corrected chi connectivity index (χ3v) is 3.78. The van der Waals surface area contributed by atoms with Gasteiger partial charge < -0.3 is 15.5 Å². The van der Waals surface area contributed by atoms with Gasteiger partial charge in [0.15, 0.2) is 0 Å². The molecule has 104 valence electrons. The number of carbonyl (C=O) groups is 1. The van der Waals surface area contributed by atoms with Crippen molar-refractivity contribution in [3.63, 3.8) is 0 Å². The van der Waals surface area contributed by atoms with Gasteiger partial charge in [-0.15, -0.1) is 0 Å². The Balaban J connectivity index is 2.40. The van der Waals surface area contributed by atoms with Crippen LogP contribution in [0.3, 0.4) is 0 Å². The van der Waals surface area contributed by atoms with Crippen LogP contribution in [0, 0.1) is 12.8 Å². The lowest BCUT2D eigenvalue weighted by Crippen LogP contribution is -2.49. The summed E-state index contributed by atoms with van der Waals surface area (Å²) in [6.07, 6.45) is 0. The van der Waals surface area contributed by atoms with Crippen LogP contribution in [0.15, 0.2) is 24.3 Å². The van der Waals surface area contributed by atoms with Gasteiger partial charge in [-0.1, -0.05) is 25.1 Å². The molecule has 2 atom stereocenters. The number of para-hydroxylation sites is 1. The SMILES string of the molecule is Cc1ccccc1N1CC(C)CN(C)C(=O)C1CN. The second-order valence-corrected chi connectivity index (χ2v) is 5.51. The van der Waals surface area contributed by atoms with Gasteiger partial charge in [-0.05, 0) is 24.5 Å². The molecule has 2 rings (SSSR count). The Bertz CT molecular complexity index is 460. The van der Waals surface area contributed by atoms with E-state index in [1.807, 2.05) is 19.2 Å². The second-order valence-electron chi connectivity index (χ2n) is 5.51. The summed E-state index contributed by atoms with van der Waals surface area (Å²) in [5.41, 5.74) is 8.16. The summed E-state index contributed by atoms with van der Waals surface area (Å²) in [6.45, 7) is 6.26. The van der Waals surface area contributed by atoms with Gasteiger partial charge in [-0.2, -0.15) is 0 Å². The van der Waals surface area contributed by atoms with Crippen LogP contribution < -0.4 is 10.6 Å². The number of amides is 1. The third-order valence-electron chi connectivity index (χ3n) is 3.78. The summed E-state index contributed by atoms with van der Waals surface area (Å²) >= 11 is 0. The van der Waals surface area contributed by atoms with Crippen molar-refractivity contribution in [2.24, 2.45) is 11.7 Å². The molecule has 1 heterocycles. The molecule has 1 aliphatic heterocycles. The molecule has 1 fully saturated rings. The fraction of sp³-hybridized carbons (Fsp3) is 0.533. The quantitative estimate of drug-likeness (QED) is 0.871. The average molecular weight is 261 g/mol. The minimum Gasteiger partial charge on any atom is -0.358 e. The molecular formula is C15H23N3O. The molecule has 0 aromatic heterocycles. The van der Waals surface area contributed by atoms with E-state index in [-0.39, 0.29) is 11.9 Å². The van der Waals surface area contributed by atoms with Crippen LogP contribution in [0.4, 0.5) is 5.69 Å². The van der Waals surface area contributed by atoms with Crippen LogP contribution >= 0.6 is 0 Å². The maximum Gasteiger partial charge on any atom is 0.246 e. The smallest absolute Gasteiger partial charge is 0.246 e. The molecule has 0 bridgehead atoms. The highest BCUT2D eigenvalue weighted by molar-refractivity contribution is 5.86. The molecule has 2 N–H and O–H groups in total. The molecule has 1 saturated heterocycles. The zero-order valence-electron chi connectivity index (χ0n) is 12.0. The molecule has 19 heavy (non-hydrogen) atoms. The van der Waals surface area contributed by atoms with E-state index in [9.17, 15) is 4.79 Å². The average Bonchev–Trinajstić information content (AvgIpc) is 2.48. The number of rotatable bonds is 2. The number of benzene rings is 1. The van der Waals surface area contributed by atoms with E-state index in [0.29, 0.717) is 12.5 Å². The van der Waals surface area contributed by atoms with Crippen molar-refractivity contribution in [1.29, 1.82) is 0 Å². The Morgan fingerprint density at radius 2 is 2.00 bits per heavy atom. The highest BCUT2D eigenvalue weighted by Crippen LogP contribution is 2.25. The number of nitrogens with two attached hydrogens (primary N) is 1. The minimum absolute atomic E-state index is 0.120. The van der Waals surface area contributed by atoms with E-state index in [1.165, 1.54) is 5.56 Å². The van der Waals surface area contributed by atoms with E-state index in [2.05, 4.69) is 30.9 Å². The van der Waals surface area contributed by atoms with Crippen LogP contribution in [-0.2, 0) is 4.79 Å². The Morgan fingerprint density at radius 3 is 2.63 bits per heavy atom. The number of hydrogen-bond donors (Lipinski definition) is 1. The van der Waals surface area contributed by atoms with Gasteiger partial charge in [0.2, 0.25) is 5.91 Å². The molecule has 1 aromatic carbocycles. The molecule has 0 saturated carbocycles. The van der Waals surface area contributed by atoms with Gasteiger partial charge in [0.1, 0.15) is 6.04 Å². The number of hydrogen-bond acceptors (Lipinski definition) is 3. The van der Waals surface area contributed by atoms with Gasteiger partial charge in [0.05, 0.1) is 0 Å². The van der Waals surface area contributed by atoms with Crippen LogP contribution in [0.5, 0.6) is 0 Å². The van der Waals surface area contributed by atoms with Crippen LogP contribution in [0.2, 0.25) is 0 Å². The van der Waals surface area contributed by atoms with E-state index >= 15 is 0 Å². The predicted molar refractivity (Wildman–Crippen MR) is 78.2 cm³/mol. The normalized spacial score (nSPS) is 24.5. The summed E-state index contributed by atoms with van der Waals surface area (Å²) in [4.78, 5) is 16.4. The highest BCUT2D eigenvalue weighted by atomic mass is 16.2. The third kappa shape index (κ3) is 2.73. The van der Waals surface area contributed by atoms with Crippen molar-refractivity contribution in [1.82, 2.24) is 4.90 Å². The monoisotopic (exact) mass is 261 g/mol. The Morgan fingerprint density at radius 1 is 1.32 bits per heavy atom. The number of anilines is 1. The number of carbonyl (C=O) groups excluding carboxylic acids is 1. The lowest BCUT2D eigenvalue weighted by Gasteiger charge is -2.32. The van der Waals surface area contributed by atoms with E-state index in [4.69, 9.17) is 5.73 Å². The molecule has 1 aliphatic rings.